The highest BCUT2D eigenvalue weighted by Crippen LogP contribution is 2.29. The zero-order valence-electron chi connectivity index (χ0n) is 11.8. The van der Waals surface area contributed by atoms with Crippen molar-refractivity contribution in [3.63, 3.8) is 0 Å². The second kappa shape index (κ2) is 6.77. The van der Waals surface area contributed by atoms with Gasteiger partial charge in [-0.15, -0.1) is 0 Å². The summed E-state index contributed by atoms with van der Waals surface area (Å²) >= 11 is 6.05. The van der Waals surface area contributed by atoms with E-state index in [1.807, 2.05) is 36.0 Å². The van der Waals surface area contributed by atoms with Gasteiger partial charge in [0, 0.05) is 17.6 Å². The Bertz CT molecular complexity index is 568. The first-order valence-corrected chi connectivity index (χ1v) is 7.24. The number of benzene rings is 1. The predicted molar refractivity (Wildman–Crippen MR) is 81.4 cm³/mol. The number of aryl methyl sites for hydroxylation is 1. The summed E-state index contributed by atoms with van der Waals surface area (Å²) in [6, 6.07) is 5.78. The van der Waals surface area contributed by atoms with E-state index in [9.17, 15) is 0 Å². The number of hydrogen-bond donors (Lipinski definition) is 1. The molecule has 1 aromatic heterocycles. The molecule has 0 saturated heterocycles. The lowest BCUT2D eigenvalue weighted by Gasteiger charge is -2.13. The van der Waals surface area contributed by atoms with E-state index in [1.165, 1.54) is 0 Å². The van der Waals surface area contributed by atoms with Gasteiger partial charge in [0.2, 0.25) is 0 Å². The van der Waals surface area contributed by atoms with Gasteiger partial charge in [0.25, 0.3) is 0 Å². The fourth-order valence-corrected chi connectivity index (χ4v) is 2.08. The second-order valence-corrected chi connectivity index (χ2v) is 5.19. The van der Waals surface area contributed by atoms with Gasteiger partial charge in [-0.3, -0.25) is 4.68 Å². The van der Waals surface area contributed by atoms with Crippen molar-refractivity contribution in [1.82, 2.24) is 9.78 Å². The Morgan fingerprint density at radius 2 is 2.20 bits per heavy atom. The fourth-order valence-electron chi connectivity index (χ4n) is 1.92. The lowest BCUT2D eigenvalue weighted by Crippen LogP contribution is -2.21. The van der Waals surface area contributed by atoms with Crippen LogP contribution in [0, 0.1) is 0 Å². The first-order valence-electron chi connectivity index (χ1n) is 6.86. The van der Waals surface area contributed by atoms with Crippen LogP contribution in [0.4, 0.5) is 0 Å². The molecule has 108 valence electrons. The Morgan fingerprint density at radius 3 is 2.85 bits per heavy atom. The van der Waals surface area contributed by atoms with E-state index in [-0.39, 0.29) is 6.04 Å². The lowest BCUT2D eigenvalue weighted by molar-refractivity contribution is 0.471. The molecule has 1 heterocycles. The van der Waals surface area contributed by atoms with Crippen LogP contribution in [0.1, 0.15) is 25.8 Å². The summed E-state index contributed by atoms with van der Waals surface area (Å²) in [6.07, 6.45) is 5.26. The van der Waals surface area contributed by atoms with Gasteiger partial charge in [-0.25, -0.2) is 0 Å². The topological polar surface area (TPSA) is 53.1 Å². The van der Waals surface area contributed by atoms with E-state index in [0.717, 1.165) is 30.7 Å². The summed E-state index contributed by atoms with van der Waals surface area (Å²) in [7, 11) is 0. The Balaban J connectivity index is 2.22. The third-order valence-corrected chi connectivity index (χ3v) is 3.43. The normalized spacial score (nSPS) is 12.4. The van der Waals surface area contributed by atoms with Crippen LogP contribution < -0.4 is 10.5 Å². The largest absolute Gasteiger partial charge is 0.454 e. The van der Waals surface area contributed by atoms with Gasteiger partial charge < -0.3 is 10.5 Å². The van der Waals surface area contributed by atoms with Crippen LogP contribution in [-0.4, -0.2) is 15.8 Å². The van der Waals surface area contributed by atoms with Crippen molar-refractivity contribution in [3.05, 3.63) is 41.2 Å². The van der Waals surface area contributed by atoms with Crippen molar-refractivity contribution in [3.8, 4) is 11.5 Å². The van der Waals surface area contributed by atoms with Crippen molar-refractivity contribution >= 4 is 11.6 Å². The minimum Gasteiger partial charge on any atom is -0.454 e. The predicted octanol–water partition coefficient (Wildman–Crippen LogP) is 3.63. The molecule has 20 heavy (non-hydrogen) atoms. The SMILES string of the molecule is CCC(N)Cc1ccc(Cl)cc1Oc1cnn(CC)c1. The molecule has 4 nitrogen and oxygen atoms in total. The number of nitrogens with two attached hydrogens (primary N) is 1. The van der Waals surface area contributed by atoms with Gasteiger partial charge in [0.05, 0.1) is 12.4 Å². The maximum Gasteiger partial charge on any atom is 0.165 e. The molecular weight excluding hydrogens is 274 g/mol. The Kier molecular flexibility index (Phi) is 5.04. The summed E-state index contributed by atoms with van der Waals surface area (Å²) in [6.45, 7) is 4.92. The Hall–Kier alpha value is -1.52. The quantitative estimate of drug-likeness (QED) is 0.885. The molecule has 5 heteroatoms. The van der Waals surface area contributed by atoms with Crippen LogP contribution in [0.5, 0.6) is 11.5 Å². The number of rotatable bonds is 6. The molecule has 0 bridgehead atoms. The van der Waals surface area contributed by atoms with Gasteiger partial charge in [0.15, 0.2) is 5.75 Å². The summed E-state index contributed by atoms with van der Waals surface area (Å²) in [5.41, 5.74) is 7.09. The number of aromatic nitrogens is 2. The van der Waals surface area contributed by atoms with Gasteiger partial charge in [0.1, 0.15) is 5.75 Å². The molecule has 1 unspecified atom stereocenters. The van der Waals surface area contributed by atoms with E-state index in [1.54, 1.807) is 6.20 Å². The molecule has 0 aliphatic rings. The van der Waals surface area contributed by atoms with Crippen LogP contribution >= 0.6 is 11.6 Å². The van der Waals surface area contributed by atoms with E-state index >= 15 is 0 Å². The average molecular weight is 294 g/mol. The first kappa shape index (κ1) is 14.9. The van der Waals surface area contributed by atoms with E-state index < -0.39 is 0 Å². The first-order chi connectivity index (χ1) is 9.62. The summed E-state index contributed by atoms with van der Waals surface area (Å²) in [5.74, 6) is 1.46. The number of halogens is 1. The molecule has 2 N–H and O–H groups in total. The highest BCUT2D eigenvalue weighted by Gasteiger charge is 2.10. The molecule has 0 aliphatic carbocycles. The number of ether oxygens (including phenoxy) is 1. The van der Waals surface area contributed by atoms with E-state index in [2.05, 4.69) is 12.0 Å². The Labute approximate surface area is 124 Å². The fraction of sp³-hybridized carbons (Fsp3) is 0.400. The van der Waals surface area contributed by atoms with Crippen molar-refractivity contribution in [2.75, 3.05) is 0 Å². The molecule has 2 aromatic rings. The molecule has 1 aromatic carbocycles. The molecule has 2 rings (SSSR count). The standard InChI is InChI=1S/C15H20ClN3O/c1-3-13(17)7-11-5-6-12(16)8-15(11)20-14-9-18-19(4-2)10-14/h5-6,8-10,13H,3-4,7,17H2,1-2H3. The molecular formula is C15H20ClN3O. The monoisotopic (exact) mass is 293 g/mol. The molecule has 0 spiro atoms. The smallest absolute Gasteiger partial charge is 0.165 e. The molecule has 0 saturated carbocycles. The van der Waals surface area contributed by atoms with Gasteiger partial charge in [-0.1, -0.05) is 24.6 Å². The van der Waals surface area contributed by atoms with E-state index in [0.29, 0.717) is 10.8 Å². The van der Waals surface area contributed by atoms with Crippen LogP contribution in [0.25, 0.3) is 0 Å². The molecule has 0 fully saturated rings. The second-order valence-electron chi connectivity index (χ2n) is 4.76. The summed E-state index contributed by atoms with van der Waals surface area (Å²) in [4.78, 5) is 0. The summed E-state index contributed by atoms with van der Waals surface area (Å²) in [5, 5.41) is 4.84. The van der Waals surface area contributed by atoms with Crippen LogP contribution in [-0.2, 0) is 13.0 Å². The van der Waals surface area contributed by atoms with Gasteiger partial charge >= 0.3 is 0 Å². The summed E-state index contributed by atoms with van der Waals surface area (Å²) < 4.78 is 7.71. The van der Waals surface area contributed by atoms with Crippen molar-refractivity contribution in [1.29, 1.82) is 0 Å². The van der Waals surface area contributed by atoms with Crippen molar-refractivity contribution < 1.29 is 4.74 Å². The third-order valence-electron chi connectivity index (χ3n) is 3.20. The minimum absolute atomic E-state index is 0.122. The lowest BCUT2D eigenvalue weighted by atomic mass is 10.0. The van der Waals surface area contributed by atoms with Crippen LogP contribution in [0.15, 0.2) is 30.6 Å². The van der Waals surface area contributed by atoms with E-state index in [4.69, 9.17) is 22.1 Å². The molecule has 0 radical (unpaired) electrons. The Morgan fingerprint density at radius 1 is 1.40 bits per heavy atom. The highest BCUT2D eigenvalue weighted by molar-refractivity contribution is 6.30. The zero-order valence-corrected chi connectivity index (χ0v) is 12.6. The maximum absolute atomic E-state index is 6.05. The van der Waals surface area contributed by atoms with Crippen LogP contribution in [0.3, 0.4) is 0 Å². The molecule has 0 aliphatic heterocycles. The van der Waals surface area contributed by atoms with Gasteiger partial charge in [-0.2, -0.15) is 5.10 Å². The van der Waals surface area contributed by atoms with Crippen molar-refractivity contribution in [2.24, 2.45) is 5.73 Å². The maximum atomic E-state index is 6.05. The van der Waals surface area contributed by atoms with Crippen molar-refractivity contribution in [2.45, 2.75) is 39.3 Å². The average Bonchev–Trinajstić information content (AvgIpc) is 2.89. The van der Waals surface area contributed by atoms with Crippen LogP contribution in [0.2, 0.25) is 5.02 Å². The minimum atomic E-state index is 0.122. The molecule has 1 atom stereocenters. The number of hydrogen-bond acceptors (Lipinski definition) is 3. The third kappa shape index (κ3) is 3.74. The zero-order chi connectivity index (χ0) is 14.5. The number of nitrogens with zero attached hydrogens (tertiary/aromatic N) is 2. The van der Waals surface area contributed by atoms with Gasteiger partial charge in [-0.05, 0) is 37.5 Å². The molecule has 0 amide bonds. The highest BCUT2D eigenvalue weighted by atomic mass is 35.5.